The lowest BCUT2D eigenvalue weighted by Gasteiger charge is -2.11. The highest BCUT2D eigenvalue weighted by molar-refractivity contribution is 8.00. The second-order valence-electron chi connectivity index (χ2n) is 6.26. The SMILES string of the molecule is C[C@H](Sc1nnc(C2CC2)n1C)C(=O)Nc1ccc2[nH]c(=O)[nH]c2c1. The fourth-order valence-electron chi connectivity index (χ4n) is 2.69. The van der Waals surface area contributed by atoms with Crippen molar-refractivity contribution in [3.63, 3.8) is 0 Å². The van der Waals surface area contributed by atoms with Gasteiger partial charge in [-0.05, 0) is 38.0 Å². The number of H-pyrrole nitrogens is 2. The van der Waals surface area contributed by atoms with E-state index in [1.807, 2.05) is 18.5 Å². The average Bonchev–Trinajstić information content (AvgIpc) is 3.25. The maximum Gasteiger partial charge on any atom is 0.323 e. The van der Waals surface area contributed by atoms with Crippen LogP contribution in [-0.2, 0) is 11.8 Å². The Morgan fingerprint density at radius 3 is 2.84 bits per heavy atom. The topological polar surface area (TPSA) is 108 Å². The summed E-state index contributed by atoms with van der Waals surface area (Å²) in [5.41, 5.74) is 1.73. The van der Waals surface area contributed by atoms with Crippen LogP contribution >= 0.6 is 11.8 Å². The lowest BCUT2D eigenvalue weighted by atomic mass is 10.2. The van der Waals surface area contributed by atoms with Crippen molar-refractivity contribution in [2.45, 2.75) is 36.1 Å². The highest BCUT2D eigenvalue weighted by Crippen LogP contribution is 2.39. The van der Waals surface area contributed by atoms with Gasteiger partial charge in [-0.1, -0.05) is 11.8 Å². The molecule has 1 aromatic carbocycles. The monoisotopic (exact) mass is 358 g/mol. The molecule has 3 aromatic rings. The van der Waals surface area contributed by atoms with Crippen LogP contribution in [0, 0.1) is 0 Å². The maximum atomic E-state index is 12.5. The molecule has 1 atom stereocenters. The first-order valence-electron chi connectivity index (χ1n) is 8.10. The van der Waals surface area contributed by atoms with E-state index in [4.69, 9.17) is 0 Å². The Morgan fingerprint density at radius 1 is 1.32 bits per heavy atom. The molecule has 2 heterocycles. The molecule has 1 saturated carbocycles. The number of fused-ring (bicyclic) bond motifs is 1. The number of anilines is 1. The molecule has 130 valence electrons. The average molecular weight is 358 g/mol. The molecule has 1 aliphatic carbocycles. The largest absolute Gasteiger partial charge is 0.325 e. The first kappa shape index (κ1) is 15.9. The van der Waals surface area contributed by atoms with Crippen molar-refractivity contribution >= 4 is 34.4 Å². The Morgan fingerprint density at radius 2 is 2.08 bits per heavy atom. The summed E-state index contributed by atoms with van der Waals surface area (Å²) in [5.74, 6) is 1.39. The molecule has 4 rings (SSSR count). The molecule has 0 radical (unpaired) electrons. The molecule has 1 fully saturated rings. The molecule has 9 heteroatoms. The van der Waals surface area contributed by atoms with Crippen molar-refractivity contribution in [2.24, 2.45) is 7.05 Å². The maximum absolute atomic E-state index is 12.5. The molecule has 2 aromatic heterocycles. The van der Waals surface area contributed by atoms with Crippen molar-refractivity contribution in [3.05, 3.63) is 34.5 Å². The lowest BCUT2D eigenvalue weighted by Crippen LogP contribution is -2.22. The summed E-state index contributed by atoms with van der Waals surface area (Å²) in [6.07, 6.45) is 2.33. The number of nitrogens with zero attached hydrogens (tertiary/aromatic N) is 3. The fourth-order valence-corrected chi connectivity index (χ4v) is 3.51. The molecule has 3 N–H and O–H groups in total. The highest BCUT2D eigenvalue weighted by Gasteiger charge is 2.30. The van der Waals surface area contributed by atoms with Gasteiger partial charge in [0, 0.05) is 18.7 Å². The minimum Gasteiger partial charge on any atom is -0.325 e. The molecule has 0 spiro atoms. The van der Waals surface area contributed by atoms with Gasteiger partial charge in [-0.2, -0.15) is 0 Å². The Kier molecular flexibility index (Phi) is 3.87. The van der Waals surface area contributed by atoms with Crippen LogP contribution in [0.2, 0.25) is 0 Å². The quantitative estimate of drug-likeness (QED) is 0.604. The van der Waals surface area contributed by atoms with Crippen LogP contribution in [-0.4, -0.2) is 35.9 Å². The van der Waals surface area contributed by atoms with Gasteiger partial charge in [-0.15, -0.1) is 10.2 Å². The summed E-state index contributed by atoms with van der Waals surface area (Å²) >= 11 is 1.38. The molecular weight excluding hydrogens is 340 g/mol. The standard InChI is InChI=1S/C16H18N6O2S/c1-8(25-16-21-20-13(22(16)2)9-3-4-9)14(23)17-10-5-6-11-12(7-10)19-15(24)18-11/h5-9H,3-4H2,1-2H3,(H,17,23)(H2,18,19,24)/t8-/m0/s1. The fraction of sp³-hybridized carbons (Fsp3) is 0.375. The third-order valence-corrected chi connectivity index (χ3v) is 5.38. The summed E-state index contributed by atoms with van der Waals surface area (Å²) in [7, 11) is 1.94. The molecule has 1 aliphatic rings. The van der Waals surface area contributed by atoms with Crippen molar-refractivity contribution in [1.29, 1.82) is 0 Å². The first-order valence-corrected chi connectivity index (χ1v) is 8.98. The van der Waals surface area contributed by atoms with E-state index in [0.29, 0.717) is 22.6 Å². The Bertz CT molecular complexity index is 1000. The van der Waals surface area contributed by atoms with Crippen LogP contribution in [0.5, 0.6) is 0 Å². The van der Waals surface area contributed by atoms with Crippen LogP contribution in [0.15, 0.2) is 28.2 Å². The number of hydrogen-bond donors (Lipinski definition) is 3. The summed E-state index contributed by atoms with van der Waals surface area (Å²) in [4.78, 5) is 29.1. The summed E-state index contributed by atoms with van der Waals surface area (Å²) < 4.78 is 1.97. The number of rotatable bonds is 5. The summed E-state index contributed by atoms with van der Waals surface area (Å²) in [5, 5.41) is 11.7. The molecule has 25 heavy (non-hydrogen) atoms. The molecule has 0 unspecified atom stereocenters. The highest BCUT2D eigenvalue weighted by atomic mass is 32.2. The zero-order valence-electron chi connectivity index (χ0n) is 13.9. The zero-order chi connectivity index (χ0) is 17.6. The second-order valence-corrected chi connectivity index (χ2v) is 7.57. The molecule has 8 nitrogen and oxygen atoms in total. The van der Waals surface area contributed by atoms with Crippen molar-refractivity contribution in [3.8, 4) is 0 Å². The lowest BCUT2D eigenvalue weighted by molar-refractivity contribution is -0.115. The smallest absolute Gasteiger partial charge is 0.323 e. The number of thioether (sulfide) groups is 1. The van der Waals surface area contributed by atoms with Gasteiger partial charge in [-0.25, -0.2) is 4.79 Å². The Hall–Kier alpha value is -2.55. The van der Waals surface area contributed by atoms with E-state index in [9.17, 15) is 9.59 Å². The van der Waals surface area contributed by atoms with Crippen LogP contribution in [0.3, 0.4) is 0 Å². The number of carbonyl (C=O) groups excluding carboxylic acids is 1. The van der Waals surface area contributed by atoms with Crippen molar-refractivity contribution < 1.29 is 4.79 Å². The summed E-state index contributed by atoms with van der Waals surface area (Å²) in [6, 6.07) is 5.25. The number of hydrogen-bond acceptors (Lipinski definition) is 5. The molecule has 0 aliphatic heterocycles. The number of nitrogens with one attached hydrogen (secondary N) is 3. The van der Waals surface area contributed by atoms with E-state index >= 15 is 0 Å². The Labute approximate surface area is 147 Å². The molecule has 1 amide bonds. The van der Waals surface area contributed by atoms with Crippen molar-refractivity contribution in [1.82, 2.24) is 24.7 Å². The number of imidazole rings is 1. The van der Waals surface area contributed by atoms with Gasteiger partial charge in [0.25, 0.3) is 0 Å². The predicted molar refractivity (Wildman–Crippen MR) is 95.8 cm³/mol. The molecule has 0 bridgehead atoms. The second kappa shape index (κ2) is 6.07. The number of amides is 1. The van der Waals surface area contributed by atoms with Crippen LogP contribution in [0.25, 0.3) is 11.0 Å². The summed E-state index contributed by atoms with van der Waals surface area (Å²) in [6.45, 7) is 1.84. The van der Waals surface area contributed by atoms with Crippen LogP contribution < -0.4 is 11.0 Å². The number of aromatic nitrogens is 5. The van der Waals surface area contributed by atoms with E-state index in [2.05, 4.69) is 25.5 Å². The van der Waals surface area contributed by atoms with Crippen LogP contribution in [0.1, 0.15) is 31.5 Å². The normalized spacial score (nSPS) is 15.4. The van der Waals surface area contributed by atoms with Gasteiger partial charge in [0.15, 0.2) is 5.16 Å². The van der Waals surface area contributed by atoms with Gasteiger partial charge in [0.2, 0.25) is 5.91 Å². The predicted octanol–water partition coefficient (Wildman–Crippen LogP) is 1.98. The third kappa shape index (κ3) is 3.19. The van der Waals surface area contributed by atoms with E-state index in [-0.39, 0.29) is 16.8 Å². The number of carbonyl (C=O) groups is 1. The van der Waals surface area contributed by atoms with Gasteiger partial charge >= 0.3 is 5.69 Å². The number of aromatic amines is 2. The van der Waals surface area contributed by atoms with Crippen molar-refractivity contribution in [2.75, 3.05) is 5.32 Å². The Balaban J connectivity index is 1.45. The van der Waals surface area contributed by atoms with E-state index in [1.165, 1.54) is 11.8 Å². The van der Waals surface area contributed by atoms with E-state index < -0.39 is 0 Å². The van der Waals surface area contributed by atoms with Gasteiger partial charge < -0.3 is 19.9 Å². The van der Waals surface area contributed by atoms with E-state index in [1.54, 1.807) is 18.2 Å². The zero-order valence-corrected chi connectivity index (χ0v) is 14.7. The van der Waals surface area contributed by atoms with Gasteiger partial charge in [-0.3, -0.25) is 4.79 Å². The van der Waals surface area contributed by atoms with Crippen LogP contribution in [0.4, 0.5) is 5.69 Å². The number of benzene rings is 1. The molecule has 0 saturated heterocycles. The van der Waals surface area contributed by atoms with Gasteiger partial charge in [0.05, 0.1) is 16.3 Å². The minimum atomic E-state index is -0.323. The third-order valence-electron chi connectivity index (χ3n) is 4.25. The van der Waals surface area contributed by atoms with E-state index in [0.717, 1.165) is 23.8 Å². The molecular formula is C16H18N6O2S. The van der Waals surface area contributed by atoms with Gasteiger partial charge in [0.1, 0.15) is 5.82 Å². The minimum absolute atomic E-state index is 0.127. The first-order chi connectivity index (χ1) is 12.0.